The minimum atomic E-state index is 0.167. The molecular formula is C17H22N4O2. The van der Waals surface area contributed by atoms with E-state index in [9.17, 15) is 4.79 Å². The highest BCUT2D eigenvalue weighted by Gasteiger charge is 2.21. The third-order valence-electron chi connectivity index (χ3n) is 4.09. The lowest BCUT2D eigenvalue weighted by Gasteiger charge is -2.34. The summed E-state index contributed by atoms with van der Waals surface area (Å²) < 4.78 is 5.30. The van der Waals surface area contributed by atoms with Gasteiger partial charge in [-0.05, 0) is 5.56 Å². The zero-order valence-corrected chi connectivity index (χ0v) is 13.4. The Bertz CT molecular complexity index is 633. The molecule has 0 bridgehead atoms. The monoisotopic (exact) mass is 314 g/mol. The molecule has 6 heteroatoms. The normalized spacial score (nSPS) is 15.8. The summed E-state index contributed by atoms with van der Waals surface area (Å²) in [5, 5.41) is 7.70. The van der Waals surface area contributed by atoms with Gasteiger partial charge in [-0.1, -0.05) is 30.3 Å². The standard InChI is InChI=1S/C17H22N4O2/c1-14-18-19-16(23-14)7-8-17(22)21-11-9-20(10-12-21)13-15-5-3-2-4-6-15/h2-6H,7-13H2,1H3. The lowest BCUT2D eigenvalue weighted by molar-refractivity contribution is -0.133. The molecule has 2 heterocycles. The highest BCUT2D eigenvalue weighted by Crippen LogP contribution is 2.10. The van der Waals surface area contributed by atoms with Crippen LogP contribution in [0, 0.1) is 6.92 Å². The van der Waals surface area contributed by atoms with Gasteiger partial charge in [-0.2, -0.15) is 0 Å². The molecule has 0 aliphatic carbocycles. The molecule has 1 aromatic heterocycles. The first-order chi connectivity index (χ1) is 11.2. The summed E-state index contributed by atoms with van der Waals surface area (Å²) in [4.78, 5) is 16.6. The van der Waals surface area contributed by atoms with Crippen molar-refractivity contribution in [1.82, 2.24) is 20.0 Å². The lowest BCUT2D eigenvalue weighted by atomic mass is 10.2. The van der Waals surface area contributed by atoms with Crippen LogP contribution in [-0.2, 0) is 17.8 Å². The maximum Gasteiger partial charge on any atom is 0.223 e. The third kappa shape index (κ3) is 4.39. The topological polar surface area (TPSA) is 62.5 Å². The molecule has 23 heavy (non-hydrogen) atoms. The first-order valence-electron chi connectivity index (χ1n) is 8.04. The summed E-state index contributed by atoms with van der Waals surface area (Å²) in [7, 11) is 0. The van der Waals surface area contributed by atoms with E-state index in [0.717, 1.165) is 32.7 Å². The Morgan fingerprint density at radius 2 is 1.87 bits per heavy atom. The number of carbonyl (C=O) groups is 1. The molecular weight excluding hydrogens is 292 g/mol. The van der Waals surface area contributed by atoms with Crippen molar-refractivity contribution < 1.29 is 9.21 Å². The number of nitrogens with zero attached hydrogens (tertiary/aromatic N) is 4. The van der Waals surface area contributed by atoms with Gasteiger partial charge in [-0.25, -0.2) is 0 Å². The molecule has 1 fully saturated rings. The van der Waals surface area contributed by atoms with Crippen molar-refractivity contribution in [3.05, 3.63) is 47.7 Å². The van der Waals surface area contributed by atoms with Crippen LogP contribution in [0.1, 0.15) is 23.8 Å². The quantitative estimate of drug-likeness (QED) is 0.840. The summed E-state index contributed by atoms with van der Waals surface area (Å²) in [5.74, 6) is 1.25. The molecule has 0 unspecified atom stereocenters. The summed E-state index contributed by atoms with van der Waals surface area (Å²) in [6.07, 6.45) is 0.949. The highest BCUT2D eigenvalue weighted by atomic mass is 16.4. The van der Waals surface area contributed by atoms with Crippen LogP contribution in [0.3, 0.4) is 0 Å². The van der Waals surface area contributed by atoms with E-state index in [2.05, 4.69) is 39.4 Å². The molecule has 3 rings (SSSR count). The molecule has 0 atom stereocenters. The second-order valence-electron chi connectivity index (χ2n) is 5.86. The fourth-order valence-corrected chi connectivity index (χ4v) is 2.81. The third-order valence-corrected chi connectivity index (χ3v) is 4.09. The zero-order chi connectivity index (χ0) is 16.1. The van der Waals surface area contributed by atoms with Crippen LogP contribution < -0.4 is 0 Å². The largest absolute Gasteiger partial charge is 0.426 e. The molecule has 1 aromatic carbocycles. The number of aromatic nitrogens is 2. The van der Waals surface area contributed by atoms with Gasteiger partial charge >= 0.3 is 0 Å². The summed E-state index contributed by atoms with van der Waals surface area (Å²) >= 11 is 0. The molecule has 0 radical (unpaired) electrons. The van der Waals surface area contributed by atoms with Crippen molar-refractivity contribution in [3.63, 3.8) is 0 Å². The Labute approximate surface area is 136 Å². The highest BCUT2D eigenvalue weighted by molar-refractivity contribution is 5.76. The minimum absolute atomic E-state index is 0.167. The van der Waals surface area contributed by atoms with Crippen molar-refractivity contribution >= 4 is 5.91 Å². The van der Waals surface area contributed by atoms with E-state index in [4.69, 9.17) is 4.42 Å². The molecule has 6 nitrogen and oxygen atoms in total. The molecule has 0 saturated carbocycles. The van der Waals surface area contributed by atoms with Gasteiger partial charge < -0.3 is 9.32 Å². The number of aryl methyl sites for hydroxylation is 2. The first kappa shape index (κ1) is 15.7. The van der Waals surface area contributed by atoms with Crippen LogP contribution in [0.5, 0.6) is 0 Å². The van der Waals surface area contributed by atoms with Gasteiger partial charge in [0.25, 0.3) is 0 Å². The molecule has 0 N–H and O–H groups in total. The number of hydrogen-bond acceptors (Lipinski definition) is 5. The van der Waals surface area contributed by atoms with E-state index < -0.39 is 0 Å². The van der Waals surface area contributed by atoms with E-state index in [-0.39, 0.29) is 5.91 Å². The van der Waals surface area contributed by atoms with E-state index in [1.807, 2.05) is 11.0 Å². The van der Waals surface area contributed by atoms with E-state index in [0.29, 0.717) is 24.6 Å². The maximum atomic E-state index is 12.3. The molecule has 122 valence electrons. The Kier molecular flexibility index (Phi) is 5.02. The predicted molar refractivity (Wildman–Crippen MR) is 85.7 cm³/mol. The molecule has 1 aliphatic rings. The smallest absolute Gasteiger partial charge is 0.223 e. The molecule has 1 saturated heterocycles. The van der Waals surface area contributed by atoms with Crippen molar-refractivity contribution in [2.24, 2.45) is 0 Å². The van der Waals surface area contributed by atoms with Crippen LogP contribution in [0.25, 0.3) is 0 Å². The van der Waals surface area contributed by atoms with Gasteiger partial charge in [0, 0.05) is 52.5 Å². The average Bonchev–Trinajstić information content (AvgIpc) is 3.00. The van der Waals surface area contributed by atoms with Crippen molar-refractivity contribution in [3.8, 4) is 0 Å². The summed E-state index contributed by atoms with van der Waals surface area (Å²) in [6, 6.07) is 10.4. The molecule has 1 amide bonds. The van der Waals surface area contributed by atoms with Crippen LogP contribution in [0.4, 0.5) is 0 Å². The molecule has 2 aromatic rings. The van der Waals surface area contributed by atoms with Gasteiger partial charge in [0.2, 0.25) is 17.7 Å². The van der Waals surface area contributed by atoms with Gasteiger partial charge in [0.15, 0.2) is 0 Å². The Morgan fingerprint density at radius 3 is 2.52 bits per heavy atom. The Balaban J connectivity index is 1.42. The Hall–Kier alpha value is -2.21. The van der Waals surface area contributed by atoms with Crippen molar-refractivity contribution in [2.75, 3.05) is 26.2 Å². The second-order valence-corrected chi connectivity index (χ2v) is 5.86. The van der Waals surface area contributed by atoms with Crippen LogP contribution in [0.2, 0.25) is 0 Å². The zero-order valence-electron chi connectivity index (χ0n) is 13.4. The van der Waals surface area contributed by atoms with Gasteiger partial charge in [0.05, 0.1) is 0 Å². The van der Waals surface area contributed by atoms with Crippen LogP contribution >= 0.6 is 0 Å². The number of piperazine rings is 1. The summed E-state index contributed by atoms with van der Waals surface area (Å²) in [5.41, 5.74) is 1.32. The van der Waals surface area contributed by atoms with Crippen molar-refractivity contribution in [2.45, 2.75) is 26.3 Å². The number of amides is 1. The fourth-order valence-electron chi connectivity index (χ4n) is 2.81. The van der Waals surface area contributed by atoms with E-state index >= 15 is 0 Å². The molecule has 1 aliphatic heterocycles. The van der Waals surface area contributed by atoms with Gasteiger partial charge in [-0.3, -0.25) is 9.69 Å². The Morgan fingerprint density at radius 1 is 1.13 bits per heavy atom. The average molecular weight is 314 g/mol. The number of carbonyl (C=O) groups excluding carboxylic acids is 1. The first-order valence-corrected chi connectivity index (χ1v) is 8.04. The van der Waals surface area contributed by atoms with Crippen LogP contribution in [-0.4, -0.2) is 52.1 Å². The maximum absolute atomic E-state index is 12.3. The number of rotatable bonds is 5. The van der Waals surface area contributed by atoms with Crippen LogP contribution in [0.15, 0.2) is 34.7 Å². The SMILES string of the molecule is Cc1nnc(CCC(=O)N2CCN(Cc3ccccc3)CC2)o1. The second kappa shape index (κ2) is 7.37. The molecule has 0 spiro atoms. The predicted octanol–water partition coefficient (Wildman–Crippen LogP) is 1.66. The van der Waals surface area contributed by atoms with Gasteiger partial charge in [0.1, 0.15) is 0 Å². The lowest BCUT2D eigenvalue weighted by Crippen LogP contribution is -2.48. The van der Waals surface area contributed by atoms with Crippen molar-refractivity contribution in [1.29, 1.82) is 0 Å². The van der Waals surface area contributed by atoms with E-state index in [1.165, 1.54) is 5.56 Å². The number of benzene rings is 1. The minimum Gasteiger partial charge on any atom is -0.426 e. The fraction of sp³-hybridized carbons (Fsp3) is 0.471. The van der Waals surface area contributed by atoms with E-state index in [1.54, 1.807) is 6.92 Å². The number of hydrogen-bond donors (Lipinski definition) is 0. The van der Waals surface area contributed by atoms with Gasteiger partial charge in [-0.15, -0.1) is 10.2 Å². The summed E-state index contributed by atoms with van der Waals surface area (Å²) in [6.45, 7) is 6.11.